The van der Waals surface area contributed by atoms with E-state index in [1.807, 2.05) is 24.4 Å². The van der Waals surface area contributed by atoms with Gasteiger partial charge in [0.05, 0.1) is 5.69 Å². The standard InChI is InChI=1S/C24H26N4O/c1-4-28-12-11-18-13-17(9-10-21(18)28)20-15-26-24(25-14-16(2)3)27-23(20)19-7-5-6-8-22(19)29/h5-13,15-16,29H,4,14H2,1-3H3,(H,25,26,27). The Morgan fingerprint density at radius 2 is 1.90 bits per heavy atom. The van der Waals surface area contributed by atoms with Crippen molar-refractivity contribution in [2.24, 2.45) is 5.92 Å². The fraction of sp³-hybridized carbons (Fsp3) is 0.250. The van der Waals surface area contributed by atoms with E-state index in [4.69, 9.17) is 4.98 Å². The van der Waals surface area contributed by atoms with Crippen molar-refractivity contribution in [3.8, 4) is 28.1 Å². The molecule has 0 bridgehead atoms. The number of phenolic OH excluding ortho intramolecular Hbond substituents is 1. The summed E-state index contributed by atoms with van der Waals surface area (Å²) >= 11 is 0. The van der Waals surface area contributed by atoms with Gasteiger partial charge in [-0.1, -0.05) is 32.0 Å². The maximum absolute atomic E-state index is 10.5. The van der Waals surface area contributed by atoms with E-state index in [2.05, 4.69) is 66.1 Å². The lowest BCUT2D eigenvalue weighted by atomic mass is 9.99. The van der Waals surface area contributed by atoms with Gasteiger partial charge in [-0.05, 0) is 48.7 Å². The Labute approximate surface area is 171 Å². The SMILES string of the molecule is CCn1ccc2cc(-c3cnc(NCC(C)C)nc3-c3ccccc3O)ccc21. The number of aryl methyl sites for hydroxylation is 1. The van der Waals surface area contributed by atoms with Crippen molar-refractivity contribution in [3.63, 3.8) is 0 Å². The van der Waals surface area contributed by atoms with Gasteiger partial charge in [0, 0.05) is 47.5 Å². The molecule has 0 saturated carbocycles. The van der Waals surface area contributed by atoms with Crippen molar-refractivity contribution in [2.45, 2.75) is 27.3 Å². The number of nitrogens with one attached hydrogen (secondary N) is 1. The molecule has 2 aromatic heterocycles. The van der Waals surface area contributed by atoms with Crippen LogP contribution in [0.5, 0.6) is 5.75 Å². The van der Waals surface area contributed by atoms with Gasteiger partial charge in [0.15, 0.2) is 0 Å². The number of fused-ring (bicyclic) bond motifs is 1. The van der Waals surface area contributed by atoms with Crippen LogP contribution >= 0.6 is 0 Å². The molecule has 0 aliphatic heterocycles. The molecule has 0 aliphatic carbocycles. The van der Waals surface area contributed by atoms with Crippen LogP contribution < -0.4 is 5.32 Å². The van der Waals surface area contributed by atoms with Crippen LogP contribution in [0.1, 0.15) is 20.8 Å². The molecule has 5 nitrogen and oxygen atoms in total. The lowest BCUT2D eigenvalue weighted by Crippen LogP contribution is -2.11. The molecule has 4 rings (SSSR count). The second-order valence-electron chi connectivity index (χ2n) is 7.62. The highest BCUT2D eigenvalue weighted by Crippen LogP contribution is 2.36. The van der Waals surface area contributed by atoms with E-state index in [1.165, 1.54) is 10.9 Å². The number of benzene rings is 2. The molecule has 148 valence electrons. The van der Waals surface area contributed by atoms with E-state index in [0.717, 1.165) is 29.9 Å². The highest BCUT2D eigenvalue weighted by Gasteiger charge is 2.15. The second kappa shape index (κ2) is 7.95. The van der Waals surface area contributed by atoms with Gasteiger partial charge in [-0.15, -0.1) is 0 Å². The molecule has 5 heteroatoms. The van der Waals surface area contributed by atoms with Gasteiger partial charge in [0.25, 0.3) is 0 Å². The quantitative estimate of drug-likeness (QED) is 0.455. The summed E-state index contributed by atoms with van der Waals surface area (Å²) in [6.45, 7) is 8.15. The zero-order valence-electron chi connectivity index (χ0n) is 17.1. The minimum Gasteiger partial charge on any atom is -0.507 e. The van der Waals surface area contributed by atoms with Crippen molar-refractivity contribution in [1.82, 2.24) is 14.5 Å². The highest BCUT2D eigenvalue weighted by atomic mass is 16.3. The largest absolute Gasteiger partial charge is 0.507 e. The maximum atomic E-state index is 10.5. The van der Waals surface area contributed by atoms with Crippen molar-refractivity contribution in [1.29, 1.82) is 0 Å². The predicted molar refractivity (Wildman–Crippen MR) is 119 cm³/mol. The molecule has 0 aliphatic rings. The van der Waals surface area contributed by atoms with Gasteiger partial charge in [-0.2, -0.15) is 0 Å². The topological polar surface area (TPSA) is 63.0 Å². The molecule has 0 spiro atoms. The Bertz CT molecular complexity index is 1150. The number of nitrogens with zero attached hydrogens (tertiary/aromatic N) is 3. The molecule has 29 heavy (non-hydrogen) atoms. The summed E-state index contributed by atoms with van der Waals surface area (Å²) in [5.41, 5.74) is 4.55. The third kappa shape index (κ3) is 3.81. The number of rotatable bonds is 6. The number of para-hydroxylation sites is 1. The first-order valence-corrected chi connectivity index (χ1v) is 10.1. The van der Waals surface area contributed by atoms with Gasteiger partial charge in [-0.25, -0.2) is 9.97 Å². The highest BCUT2D eigenvalue weighted by molar-refractivity contribution is 5.90. The molecular weight excluding hydrogens is 360 g/mol. The normalized spacial score (nSPS) is 11.3. The molecule has 2 aromatic carbocycles. The van der Waals surface area contributed by atoms with Crippen molar-refractivity contribution in [3.05, 3.63) is 60.9 Å². The fourth-order valence-corrected chi connectivity index (χ4v) is 3.50. The number of aromatic nitrogens is 3. The van der Waals surface area contributed by atoms with Crippen LogP contribution in [0.2, 0.25) is 0 Å². The summed E-state index contributed by atoms with van der Waals surface area (Å²) in [4.78, 5) is 9.30. The number of aromatic hydroxyl groups is 1. The smallest absolute Gasteiger partial charge is 0.223 e. The molecule has 0 atom stereocenters. The predicted octanol–water partition coefficient (Wildman–Crippen LogP) is 5.56. The van der Waals surface area contributed by atoms with Crippen LogP contribution in [0.15, 0.2) is 60.9 Å². The van der Waals surface area contributed by atoms with Crippen molar-refractivity contribution >= 4 is 16.9 Å². The maximum Gasteiger partial charge on any atom is 0.223 e. The number of hydrogen-bond donors (Lipinski definition) is 2. The van der Waals surface area contributed by atoms with Crippen LogP contribution in [0, 0.1) is 5.92 Å². The third-order valence-corrected chi connectivity index (χ3v) is 5.04. The van der Waals surface area contributed by atoms with Crippen LogP contribution in [-0.4, -0.2) is 26.2 Å². The molecule has 0 fully saturated rings. The number of hydrogen-bond acceptors (Lipinski definition) is 4. The average molecular weight is 386 g/mol. The number of phenols is 1. The summed E-state index contributed by atoms with van der Waals surface area (Å²) < 4.78 is 2.22. The third-order valence-electron chi connectivity index (χ3n) is 5.04. The summed E-state index contributed by atoms with van der Waals surface area (Å²) in [5.74, 6) is 1.26. The number of anilines is 1. The molecule has 0 unspecified atom stereocenters. The fourth-order valence-electron chi connectivity index (χ4n) is 3.50. The summed E-state index contributed by atoms with van der Waals surface area (Å²) in [7, 11) is 0. The Morgan fingerprint density at radius 1 is 1.07 bits per heavy atom. The minimum absolute atomic E-state index is 0.209. The van der Waals surface area contributed by atoms with E-state index < -0.39 is 0 Å². The Hall–Kier alpha value is -3.34. The minimum atomic E-state index is 0.209. The first-order valence-electron chi connectivity index (χ1n) is 10.1. The van der Waals surface area contributed by atoms with Gasteiger partial charge in [0.2, 0.25) is 5.95 Å². The lowest BCUT2D eigenvalue weighted by molar-refractivity contribution is 0.477. The van der Waals surface area contributed by atoms with E-state index in [-0.39, 0.29) is 5.75 Å². The van der Waals surface area contributed by atoms with Crippen LogP contribution in [0.4, 0.5) is 5.95 Å². The summed E-state index contributed by atoms with van der Waals surface area (Å²) in [5, 5.41) is 14.9. The zero-order valence-corrected chi connectivity index (χ0v) is 17.1. The average Bonchev–Trinajstić information content (AvgIpc) is 3.15. The van der Waals surface area contributed by atoms with E-state index in [0.29, 0.717) is 17.4 Å². The van der Waals surface area contributed by atoms with Gasteiger partial charge < -0.3 is 15.0 Å². The molecule has 0 radical (unpaired) electrons. The Kier molecular flexibility index (Phi) is 5.21. The molecule has 0 amide bonds. The van der Waals surface area contributed by atoms with Crippen LogP contribution in [0.3, 0.4) is 0 Å². The first kappa shape index (κ1) is 19.0. The molecule has 0 saturated heterocycles. The van der Waals surface area contributed by atoms with Crippen molar-refractivity contribution in [2.75, 3.05) is 11.9 Å². The molecule has 4 aromatic rings. The van der Waals surface area contributed by atoms with Gasteiger partial charge in [0.1, 0.15) is 5.75 Å². The molecule has 2 N–H and O–H groups in total. The van der Waals surface area contributed by atoms with Gasteiger partial charge in [-0.3, -0.25) is 0 Å². The molecular formula is C24H26N4O. The first-order chi connectivity index (χ1) is 14.1. The zero-order chi connectivity index (χ0) is 20.4. The van der Waals surface area contributed by atoms with Crippen molar-refractivity contribution < 1.29 is 5.11 Å². The van der Waals surface area contributed by atoms with E-state index in [9.17, 15) is 5.11 Å². The Balaban J connectivity index is 1.85. The molecule has 2 heterocycles. The van der Waals surface area contributed by atoms with Crippen LogP contribution in [0.25, 0.3) is 33.3 Å². The van der Waals surface area contributed by atoms with E-state index >= 15 is 0 Å². The second-order valence-corrected chi connectivity index (χ2v) is 7.62. The van der Waals surface area contributed by atoms with Gasteiger partial charge >= 0.3 is 0 Å². The summed E-state index contributed by atoms with van der Waals surface area (Å²) in [6.07, 6.45) is 3.95. The van der Waals surface area contributed by atoms with Crippen LogP contribution in [-0.2, 0) is 6.54 Å². The Morgan fingerprint density at radius 3 is 2.66 bits per heavy atom. The van der Waals surface area contributed by atoms with E-state index in [1.54, 1.807) is 6.07 Å². The summed E-state index contributed by atoms with van der Waals surface area (Å²) in [6, 6.07) is 15.8. The monoisotopic (exact) mass is 386 g/mol. The lowest BCUT2D eigenvalue weighted by Gasteiger charge is -2.14.